The van der Waals surface area contributed by atoms with Gasteiger partial charge in [-0.05, 0) is 48.9 Å². The van der Waals surface area contributed by atoms with Gasteiger partial charge in [0.15, 0.2) is 12.7 Å². The van der Waals surface area contributed by atoms with E-state index in [1.165, 1.54) is 13.1 Å². The van der Waals surface area contributed by atoms with Gasteiger partial charge in [-0.2, -0.15) is 5.10 Å². The molecule has 148 valence electrons. The smallest absolute Gasteiger partial charge is 0.344 e. The number of aliphatic carboxylic acids is 1. The highest BCUT2D eigenvalue weighted by molar-refractivity contribution is 5.83. The lowest BCUT2D eigenvalue weighted by Crippen LogP contribution is -2.24. The number of carbonyl (C=O) groups is 2. The van der Waals surface area contributed by atoms with E-state index in [2.05, 4.69) is 10.5 Å². The van der Waals surface area contributed by atoms with Crippen LogP contribution in [0, 0.1) is 0 Å². The zero-order valence-electron chi connectivity index (χ0n) is 16.0. The van der Waals surface area contributed by atoms with Gasteiger partial charge < -0.3 is 19.5 Å². The second-order valence-corrected chi connectivity index (χ2v) is 6.14. The molecular formula is C20H23N3O5. The molecule has 0 spiro atoms. The number of hydrazone groups is 1. The Morgan fingerprint density at radius 3 is 2.54 bits per heavy atom. The Kier molecular flexibility index (Phi) is 7.38. The summed E-state index contributed by atoms with van der Waals surface area (Å²) in [5.74, 6) is -0.397. The number of anilines is 1. The fourth-order valence-electron chi connectivity index (χ4n) is 2.10. The monoisotopic (exact) mass is 385 g/mol. The maximum Gasteiger partial charge on any atom is 0.344 e. The second-order valence-electron chi connectivity index (χ2n) is 6.14. The SMILES string of the molecule is C[C@@H](Oc1ccc(/C=N/NC(=O)COc2cccc(N(C)C)c2)cc1)C(=O)O. The van der Waals surface area contributed by atoms with E-state index >= 15 is 0 Å². The Balaban J connectivity index is 1.80. The molecule has 0 unspecified atom stereocenters. The average Bonchev–Trinajstić information content (AvgIpc) is 2.68. The molecule has 0 fully saturated rings. The van der Waals surface area contributed by atoms with Gasteiger partial charge in [-0.1, -0.05) is 6.07 Å². The summed E-state index contributed by atoms with van der Waals surface area (Å²) in [6.07, 6.45) is 0.534. The highest BCUT2D eigenvalue weighted by Crippen LogP contribution is 2.19. The fraction of sp³-hybridized carbons (Fsp3) is 0.250. The molecule has 0 aliphatic carbocycles. The van der Waals surface area contributed by atoms with Crippen molar-refractivity contribution >= 4 is 23.8 Å². The minimum absolute atomic E-state index is 0.159. The van der Waals surface area contributed by atoms with Gasteiger partial charge in [-0.25, -0.2) is 10.2 Å². The summed E-state index contributed by atoms with van der Waals surface area (Å²) >= 11 is 0. The molecule has 8 nitrogen and oxygen atoms in total. The number of nitrogens with zero attached hydrogens (tertiary/aromatic N) is 2. The van der Waals surface area contributed by atoms with E-state index in [-0.39, 0.29) is 12.5 Å². The van der Waals surface area contributed by atoms with Crippen LogP contribution in [-0.2, 0) is 9.59 Å². The molecule has 2 rings (SSSR count). The summed E-state index contributed by atoms with van der Waals surface area (Å²) in [5, 5.41) is 12.7. The van der Waals surface area contributed by atoms with Gasteiger partial charge in [0.1, 0.15) is 11.5 Å². The largest absolute Gasteiger partial charge is 0.484 e. The van der Waals surface area contributed by atoms with E-state index in [0.717, 1.165) is 11.3 Å². The van der Waals surface area contributed by atoms with Crippen molar-refractivity contribution < 1.29 is 24.2 Å². The number of nitrogens with one attached hydrogen (secondary N) is 1. The quantitative estimate of drug-likeness (QED) is 0.507. The molecule has 0 heterocycles. The molecule has 2 N–H and O–H groups in total. The predicted octanol–water partition coefficient (Wildman–Crippen LogP) is 2.13. The van der Waals surface area contributed by atoms with Crippen LogP contribution in [0.5, 0.6) is 11.5 Å². The molecule has 8 heteroatoms. The first-order valence-electron chi connectivity index (χ1n) is 8.57. The van der Waals surface area contributed by atoms with Gasteiger partial charge in [0, 0.05) is 25.8 Å². The van der Waals surface area contributed by atoms with Crippen molar-refractivity contribution in [1.29, 1.82) is 0 Å². The van der Waals surface area contributed by atoms with E-state index in [4.69, 9.17) is 14.6 Å². The van der Waals surface area contributed by atoms with Crippen LogP contribution in [0.3, 0.4) is 0 Å². The van der Waals surface area contributed by atoms with Crippen molar-refractivity contribution in [1.82, 2.24) is 5.43 Å². The molecule has 2 aromatic rings. The van der Waals surface area contributed by atoms with Crippen molar-refractivity contribution in [2.24, 2.45) is 5.10 Å². The van der Waals surface area contributed by atoms with Gasteiger partial charge in [-0.15, -0.1) is 0 Å². The van der Waals surface area contributed by atoms with Gasteiger partial charge in [0.25, 0.3) is 5.91 Å². The van der Waals surface area contributed by atoms with Gasteiger partial charge in [0.2, 0.25) is 0 Å². The molecule has 0 saturated carbocycles. The van der Waals surface area contributed by atoms with Crippen LogP contribution in [0.25, 0.3) is 0 Å². The predicted molar refractivity (Wildman–Crippen MR) is 106 cm³/mol. The number of hydrogen-bond donors (Lipinski definition) is 2. The van der Waals surface area contributed by atoms with Gasteiger partial charge >= 0.3 is 5.97 Å². The number of ether oxygens (including phenoxy) is 2. The van der Waals surface area contributed by atoms with Crippen LogP contribution in [0.4, 0.5) is 5.69 Å². The van der Waals surface area contributed by atoms with E-state index in [1.54, 1.807) is 30.3 Å². The number of benzene rings is 2. The number of hydrogen-bond acceptors (Lipinski definition) is 6. The summed E-state index contributed by atoms with van der Waals surface area (Å²) in [5.41, 5.74) is 4.08. The zero-order valence-corrected chi connectivity index (χ0v) is 16.0. The lowest BCUT2D eigenvalue weighted by Gasteiger charge is -2.13. The number of amides is 1. The van der Waals surface area contributed by atoms with Crippen LogP contribution in [0.2, 0.25) is 0 Å². The topological polar surface area (TPSA) is 100 Å². The second kappa shape index (κ2) is 9.96. The summed E-state index contributed by atoms with van der Waals surface area (Å²) in [6.45, 7) is 1.29. The Bertz CT molecular complexity index is 834. The first kappa shape index (κ1) is 20.8. The highest BCUT2D eigenvalue weighted by Gasteiger charge is 2.11. The molecule has 28 heavy (non-hydrogen) atoms. The molecule has 1 atom stereocenters. The third-order valence-corrected chi connectivity index (χ3v) is 3.65. The van der Waals surface area contributed by atoms with E-state index < -0.39 is 12.1 Å². The Hall–Kier alpha value is -3.55. The van der Waals surface area contributed by atoms with Crippen molar-refractivity contribution in [3.05, 3.63) is 54.1 Å². The summed E-state index contributed by atoms with van der Waals surface area (Å²) in [6, 6.07) is 14.1. The normalized spacial score (nSPS) is 11.7. The maximum atomic E-state index is 11.8. The lowest BCUT2D eigenvalue weighted by molar-refractivity contribution is -0.144. The summed E-state index contributed by atoms with van der Waals surface area (Å²) in [4.78, 5) is 24.5. The first-order valence-corrected chi connectivity index (χ1v) is 8.57. The molecular weight excluding hydrogens is 362 g/mol. The molecule has 0 saturated heterocycles. The zero-order chi connectivity index (χ0) is 20.5. The van der Waals surface area contributed by atoms with Crippen molar-refractivity contribution in [2.75, 3.05) is 25.6 Å². The number of carboxylic acids is 1. The lowest BCUT2D eigenvalue weighted by atomic mass is 10.2. The highest BCUT2D eigenvalue weighted by atomic mass is 16.5. The van der Waals surface area contributed by atoms with E-state index in [1.807, 2.05) is 37.2 Å². The Labute approximate surface area is 163 Å². The van der Waals surface area contributed by atoms with E-state index in [0.29, 0.717) is 11.5 Å². The first-order chi connectivity index (χ1) is 13.3. The van der Waals surface area contributed by atoms with Gasteiger partial charge in [-0.3, -0.25) is 4.79 Å². The number of carbonyl (C=O) groups excluding carboxylic acids is 1. The van der Waals surface area contributed by atoms with E-state index in [9.17, 15) is 9.59 Å². The third kappa shape index (κ3) is 6.64. The van der Waals surface area contributed by atoms with Crippen LogP contribution < -0.4 is 19.8 Å². The molecule has 0 aliphatic heterocycles. The van der Waals surface area contributed by atoms with Crippen LogP contribution in [0.15, 0.2) is 53.6 Å². The van der Waals surface area contributed by atoms with Crippen LogP contribution in [0.1, 0.15) is 12.5 Å². The molecule has 2 aromatic carbocycles. The minimum Gasteiger partial charge on any atom is -0.484 e. The standard InChI is InChI=1S/C20H23N3O5/c1-14(20(25)26)28-17-9-7-15(8-10-17)12-21-22-19(24)13-27-18-6-4-5-16(11-18)23(2)3/h4-12,14H,13H2,1-3H3,(H,22,24)(H,25,26)/b21-12+/t14-/m1/s1. The molecule has 1 amide bonds. The molecule has 0 bridgehead atoms. The maximum absolute atomic E-state index is 11.8. The van der Waals surface area contributed by atoms with Crippen LogP contribution in [-0.4, -0.2) is 50.0 Å². The molecule has 0 aliphatic rings. The average molecular weight is 385 g/mol. The van der Waals surface area contributed by atoms with Crippen molar-refractivity contribution in [3.63, 3.8) is 0 Å². The molecule has 0 radical (unpaired) electrons. The molecule has 0 aromatic heterocycles. The third-order valence-electron chi connectivity index (χ3n) is 3.65. The van der Waals surface area contributed by atoms with Crippen molar-refractivity contribution in [3.8, 4) is 11.5 Å². The minimum atomic E-state index is -1.04. The Morgan fingerprint density at radius 1 is 1.18 bits per heavy atom. The van der Waals surface area contributed by atoms with Gasteiger partial charge in [0.05, 0.1) is 6.21 Å². The fourth-order valence-corrected chi connectivity index (χ4v) is 2.10. The van der Waals surface area contributed by atoms with Crippen molar-refractivity contribution in [2.45, 2.75) is 13.0 Å². The van der Waals surface area contributed by atoms with Crippen LogP contribution >= 0.6 is 0 Å². The summed E-state index contributed by atoms with van der Waals surface area (Å²) in [7, 11) is 3.85. The number of carboxylic acid groups (broad SMARTS) is 1. The summed E-state index contributed by atoms with van der Waals surface area (Å²) < 4.78 is 10.7. The Morgan fingerprint density at radius 2 is 1.89 bits per heavy atom. The number of rotatable bonds is 9.